The molecule has 0 atom stereocenters. The number of allylic oxidation sites excluding steroid dienone is 13. The highest BCUT2D eigenvalue weighted by molar-refractivity contribution is 5.42. The van der Waals surface area contributed by atoms with Crippen LogP contribution in [0.3, 0.4) is 0 Å². The molecule has 0 aromatic rings. The van der Waals surface area contributed by atoms with Gasteiger partial charge in [-0.15, -0.1) is 0 Å². The van der Waals surface area contributed by atoms with Crippen LogP contribution in [0.15, 0.2) is 82.5 Å². The minimum Gasteiger partial charge on any atom is -0.392 e. The van der Waals surface area contributed by atoms with Crippen LogP contribution in [0.1, 0.15) is 48.0 Å². The van der Waals surface area contributed by atoms with Crippen molar-refractivity contribution in [2.75, 3.05) is 6.61 Å². The molecule has 0 fully saturated rings. The van der Waals surface area contributed by atoms with Gasteiger partial charge in [-0.2, -0.15) is 0 Å². The summed E-state index contributed by atoms with van der Waals surface area (Å²) in [5.74, 6) is 0. The first-order chi connectivity index (χ1) is 11.3. The van der Waals surface area contributed by atoms with Gasteiger partial charge in [-0.1, -0.05) is 79.7 Å². The highest BCUT2D eigenvalue weighted by atomic mass is 16.3. The fourth-order valence-electron chi connectivity index (χ4n) is 2.62. The van der Waals surface area contributed by atoms with Gasteiger partial charge < -0.3 is 5.11 Å². The van der Waals surface area contributed by atoms with Gasteiger partial charge in [0, 0.05) is 0 Å². The van der Waals surface area contributed by atoms with Gasteiger partial charge in [-0.05, 0) is 56.3 Å². The normalized spacial score (nSPS) is 19.9. The lowest BCUT2D eigenvalue weighted by atomic mass is 9.75. The Labute approximate surface area is 148 Å². The second kappa shape index (κ2) is 9.44. The summed E-state index contributed by atoms with van der Waals surface area (Å²) in [7, 11) is 0. The molecule has 1 rings (SSSR count). The Kier molecular flexibility index (Phi) is 7.94. The third kappa shape index (κ3) is 6.72. The van der Waals surface area contributed by atoms with Gasteiger partial charge in [-0.3, -0.25) is 0 Å². The van der Waals surface area contributed by atoms with Crippen LogP contribution in [0.5, 0.6) is 0 Å². The zero-order valence-electron chi connectivity index (χ0n) is 16.1. The van der Waals surface area contributed by atoms with Gasteiger partial charge in [0.1, 0.15) is 0 Å². The summed E-state index contributed by atoms with van der Waals surface area (Å²) in [6.07, 6.45) is 20.3. The first-order valence-electron chi connectivity index (χ1n) is 8.62. The average molecular weight is 325 g/mol. The van der Waals surface area contributed by atoms with E-state index in [2.05, 4.69) is 77.2 Å². The zero-order chi connectivity index (χ0) is 18.2. The molecule has 0 saturated carbocycles. The van der Waals surface area contributed by atoms with Crippen LogP contribution in [0, 0.1) is 5.41 Å². The van der Waals surface area contributed by atoms with Crippen LogP contribution in [0.4, 0.5) is 0 Å². The van der Waals surface area contributed by atoms with Crippen molar-refractivity contribution in [3.8, 4) is 0 Å². The zero-order valence-corrected chi connectivity index (χ0v) is 16.1. The van der Waals surface area contributed by atoms with E-state index in [0.717, 1.165) is 17.6 Å². The standard InChI is InChI=1S/C23H32O/c1-18(12-13-20(3)17-24)9-7-10-19(2)14-15-22-21(4)11-8-16-23(22,5)6/h7-15,24H,16-17H2,1-6H3/b9-7+,15-14+,18-12+,19-10+,20-13+. The summed E-state index contributed by atoms with van der Waals surface area (Å²) in [6, 6.07) is 0. The van der Waals surface area contributed by atoms with E-state index in [1.807, 2.05) is 19.1 Å². The van der Waals surface area contributed by atoms with Gasteiger partial charge in [0.25, 0.3) is 0 Å². The number of rotatable bonds is 6. The molecule has 0 aromatic carbocycles. The van der Waals surface area contributed by atoms with Crippen LogP contribution in [-0.2, 0) is 0 Å². The molecule has 0 unspecified atom stereocenters. The first-order valence-corrected chi connectivity index (χ1v) is 8.62. The molecular formula is C23H32O. The third-order valence-corrected chi connectivity index (χ3v) is 4.26. The van der Waals surface area contributed by atoms with Gasteiger partial charge in [0.05, 0.1) is 6.61 Å². The van der Waals surface area contributed by atoms with Crippen LogP contribution in [-0.4, -0.2) is 11.7 Å². The highest BCUT2D eigenvalue weighted by Gasteiger charge is 2.23. The van der Waals surface area contributed by atoms with Crippen molar-refractivity contribution in [3.05, 3.63) is 82.5 Å². The van der Waals surface area contributed by atoms with E-state index in [-0.39, 0.29) is 12.0 Å². The van der Waals surface area contributed by atoms with E-state index in [9.17, 15) is 0 Å². The minimum atomic E-state index is 0.109. The van der Waals surface area contributed by atoms with Crippen LogP contribution in [0.25, 0.3) is 0 Å². The smallest absolute Gasteiger partial charge is 0.0642 e. The van der Waals surface area contributed by atoms with E-state index in [0.29, 0.717) is 0 Å². The Bertz CT molecular complexity index is 644. The minimum absolute atomic E-state index is 0.109. The van der Waals surface area contributed by atoms with E-state index >= 15 is 0 Å². The van der Waals surface area contributed by atoms with E-state index in [1.165, 1.54) is 16.7 Å². The summed E-state index contributed by atoms with van der Waals surface area (Å²) in [5, 5.41) is 8.98. The Morgan fingerprint density at radius 2 is 1.75 bits per heavy atom. The Hall–Kier alpha value is -1.86. The molecule has 1 aliphatic carbocycles. The topological polar surface area (TPSA) is 20.2 Å². The van der Waals surface area contributed by atoms with Crippen molar-refractivity contribution in [3.63, 3.8) is 0 Å². The molecule has 24 heavy (non-hydrogen) atoms. The summed E-state index contributed by atoms with van der Waals surface area (Å²) in [4.78, 5) is 0. The Balaban J connectivity index is 2.77. The molecule has 1 aliphatic rings. The lowest BCUT2D eigenvalue weighted by Crippen LogP contribution is -2.16. The maximum atomic E-state index is 8.98. The monoisotopic (exact) mass is 324 g/mol. The lowest BCUT2D eigenvalue weighted by molar-refractivity contribution is 0.331. The SMILES string of the molecule is CC1=C(/C=C/C(C)=C/C=C/C(C)=C/C=C(\C)CO)C(C)(C)CC=C1. The molecule has 0 aliphatic heterocycles. The predicted octanol–water partition coefficient (Wildman–Crippen LogP) is 6.23. The molecule has 130 valence electrons. The molecule has 1 nitrogen and oxygen atoms in total. The second-order valence-corrected chi connectivity index (χ2v) is 7.27. The average Bonchev–Trinajstić information content (AvgIpc) is 2.51. The lowest BCUT2D eigenvalue weighted by Gasteiger charge is -2.29. The van der Waals surface area contributed by atoms with Crippen molar-refractivity contribution >= 4 is 0 Å². The van der Waals surface area contributed by atoms with Crippen LogP contribution in [0.2, 0.25) is 0 Å². The number of aliphatic hydroxyl groups is 1. The van der Waals surface area contributed by atoms with Crippen molar-refractivity contribution in [1.29, 1.82) is 0 Å². The van der Waals surface area contributed by atoms with Gasteiger partial charge in [0.2, 0.25) is 0 Å². The van der Waals surface area contributed by atoms with Crippen molar-refractivity contribution in [1.82, 2.24) is 0 Å². The first kappa shape index (κ1) is 20.2. The molecule has 1 N–H and O–H groups in total. The van der Waals surface area contributed by atoms with E-state index in [1.54, 1.807) is 0 Å². The van der Waals surface area contributed by atoms with E-state index in [4.69, 9.17) is 5.11 Å². The van der Waals surface area contributed by atoms with Crippen LogP contribution < -0.4 is 0 Å². The fraction of sp³-hybridized carbons (Fsp3) is 0.391. The fourth-order valence-corrected chi connectivity index (χ4v) is 2.62. The number of aliphatic hydroxyl groups excluding tert-OH is 1. The molecule has 1 heteroatoms. The van der Waals surface area contributed by atoms with Gasteiger partial charge in [0.15, 0.2) is 0 Å². The van der Waals surface area contributed by atoms with Gasteiger partial charge in [-0.25, -0.2) is 0 Å². The Morgan fingerprint density at radius 1 is 1.08 bits per heavy atom. The highest BCUT2D eigenvalue weighted by Crippen LogP contribution is 2.37. The predicted molar refractivity (Wildman–Crippen MR) is 107 cm³/mol. The number of hydrogen-bond donors (Lipinski definition) is 1. The molecule has 0 heterocycles. The van der Waals surface area contributed by atoms with Crippen LogP contribution >= 0.6 is 0 Å². The maximum absolute atomic E-state index is 8.98. The molecule has 0 radical (unpaired) electrons. The van der Waals surface area contributed by atoms with Crippen molar-refractivity contribution in [2.24, 2.45) is 5.41 Å². The summed E-state index contributed by atoms with van der Waals surface area (Å²) < 4.78 is 0. The molecule has 0 amide bonds. The summed E-state index contributed by atoms with van der Waals surface area (Å²) >= 11 is 0. The summed E-state index contributed by atoms with van der Waals surface area (Å²) in [5.41, 5.74) is 6.34. The molecule has 0 saturated heterocycles. The largest absolute Gasteiger partial charge is 0.392 e. The number of hydrogen-bond acceptors (Lipinski definition) is 1. The summed E-state index contributed by atoms with van der Waals surface area (Å²) in [6.45, 7) is 13.0. The van der Waals surface area contributed by atoms with E-state index < -0.39 is 0 Å². The van der Waals surface area contributed by atoms with Gasteiger partial charge >= 0.3 is 0 Å². The molecule has 0 bridgehead atoms. The third-order valence-electron chi connectivity index (χ3n) is 4.26. The molecular weight excluding hydrogens is 292 g/mol. The van der Waals surface area contributed by atoms with Crippen molar-refractivity contribution < 1.29 is 5.11 Å². The quantitative estimate of drug-likeness (QED) is 0.574. The Morgan fingerprint density at radius 3 is 2.38 bits per heavy atom. The molecule has 0 aromatic heterocycles. The van der Waals surface area contributed by atoms with Crippen molar-refractivity contribution in [2.45, 2.75) is 48.0 Å². The maximum Gasteiger partial charge on any atom is 0.0642 e. The second-order valence-electron chi connectivity index (χ2n) is 7.27. The molecule has 0 spiro atoms.